The molecule has 1 amide bonds. The lowest BCUT2D eigenvalue weighted by Gasteiger charge is -2.17. The molecule has 0 unspecified atom stereocenters. The number of carbonyl (C=O) groups is 1. The summed E-state index contributed by atoms with van der Waals surface area (Å²) in [5.74, 6) is 0.135. The summed E-state index contributed by atoms with van der Waals surface area (Å²) >= 11 is 0. The second kappa shape index (κ2) is 4.94. The molecule has 2 fully saturated rings. The molecule has 1 N–H and O–H groups in total. The molecule has 2 rings (SSSR count). The van der Waals surface area contributed by atoms with Crippen molar-refractivity contribution in [3.63, 3.8) is 0 Å². The van der Waals surface area contributed by atoms with Gasteiger partial charge in [0.05, 0.1) is 6.10 Å². The van der Waals surface area contributed by atoms with Crippen molar-refractivity contribution in [3.05, 3.63) is 0 Å². The molecule has 0 bridgehead atoms. The third kappa shape index (κ3) is 3.18. The van der Waals surface area contributed by atoms with E-state index in [4.69, 9.17) is 4.84 Å². The first-order valence-corrected chi connectivity index (χ1v) is 5.91. The maximum Gasteiger partial charge on any atom is 0.238 e. The molecule has 0 aromatic heterocycles. The van der Waals surface area contributed by atoms with E-state index in [1.54, 1.807) is 0 Å². The van der Waals surface area contributed by atoms with Crippen molar-refractivity contribution in [1.82, 2.24) is 10.4 Å². The first-order chi connectivity index (χ1) is 7.27. The van der Waals surface area contributed by atoms with Crippen molar-refractivity contribution in [2.45, 2.75) is 50.7 Å². The van der Waals surface area contributed by atoms with Crippen molar-refractivity contribution in [2.24, 2.45) is 0 Å². The molecule has 0 radical (unpaired) electrons. The van der Waals surface area contributed by atoms with Crippen molar-refractivity contribution in [1.29, 1.82) is 0 Å². The van der Waals surface area contributed by atoms with Crippen LogP contribution in [0.5, 0.6) is 0 Å². The molecule has 2 aliphatic rings. The van der Waals surface area contributed by atoms with Crippen molar-refractivity contribution in [3.8, 4) is 0 Å². The van der Waals surface area contributed by atoms with Gasteiger partial charge in [0.25, 0.3) is 0 Å². The summed E-state index contributed by atoms with van der Waals surface area (Å²) in [6.45, 7) is 0.309. The number of hydrogen-bond acceptors (Lipinski definition) is 3. The topological polar surface area (TPSA) is 41.6 Å². The van der Waals surface area contributed by atoms with Crippen molar-refractivity contribution < 1.29 is 9.63 Å². The van der Waals surface area contributed by atoms with Gasteiger partial charge in [0.15, 0.2) is 0 Å². The van der Waals surface area contributed by atoms with Crippen LogP contribution >= 0.6 is 0 Å². The number of hydrogen-bond donors (Lipinski definition) is 1. The zero-order valence-corrected chi connectivity index (χ0v) is 9.37. The van der Waals surface area contributed by atoms with Gasteiger partial charge in [-0.05, 0) is 25.7 Å². The lowest BCUT2D eigenvalue weighted by molar-refractivity contribution is -0.133. The van der Waals surface area contributed by atoms with Crippen LogP contribution in [0, 0.1) is 0 Å². The van der Waals surface area contributed by atoms with E-state index in [0.29, 0.717) is 18.7 Å². The zero-order valence-electron chi connectivity index (χ0n) is 9.37. The first-order valence-electron chi connectivity index (χ1n) is 5.91. The van der Waals surface area contributed by atoms with Gasteiger partial charge in [-0.1, -0.05) is 12.8 Å². The Morgan fingerprint density at radius 2 is 2.00 bits per heavy atom. The maximum absolute atomic E-state index is 11.6. The quantitative estimate of drug-likeness (QED) is 0.693. The smallest absolute Gasteiger partial charge is 0.238 e. The fraction of sp³-hybridized carbons (Fsp3) is 0.909. The highest BCUT2D eigenvalue weighted by Crippen LogP contribution is 2.25. The zero-order chi connectivity index (χ0) is 10.7. The van der Waals surface area contributed by atoms with Gasteiger partial charge in [0, 0.05) is 13.1 Å². The average Bonchev–Trinajstić information content (AvgIpc) is 2.96. The van der Waals surface area contributed by atoms with Gasteiger partial charge in [-0.25, -0.2) is 0 Å². The van der Waals surface area contributed by atoms with E-state index in [1.165, 1.54) is 12.8 Å². The van der Waals surface area contributed by atoms with Gasteiger partial charge in [-0.15, -0.1) is 0 Å². The summed E-state index contributed by atoms with van der Waals surface area (Å²) < 4.78 is 0. The Kier molecular flexibility index (Phi) is 3.59. The lowest BCUT2D eigenvalue weighted by atomic mass is 10.3. The Bertz CT molecular complexity index is 223. The van der Waals surface area contributed by atoms with Crippen LogP contribution in [0.1, 0.15) is 38.5 Å². The number of nitrogens with zero attached hydrogens (tertiary/aromatic N) is 1. The monoisotopic (exact) mass is 212 g/mol. The molecule has 0 aliphatic heterocycles. The summed E-state index contributed by atoms with van der Waals surface area (Å²) in [5, 5.41) is 0. The SMILES string of the molecule is CN(C(=O)CNOC1CCCC1)C1CC1. The van der Waals surface area contributed by atoms with E-state index in [-0.39, 0.29) is 5.91 Å². The number of nitrogens with one attached hydrogen (secondary N) is 1. The van der Waals surface area contributed by atoms with Crippen LogP contribution < -0.4 is 5.48 Å². The van der Waals surface area contributed by atoms with Crippen LogP contribution in [0.15, 0.2) is 0 Å². The Balaban J connectivity index is 1.58. The van der Waals surface area contributed by atoms with Crippen LogP contribution in [0.3, 0.4) is 0 Å². The number of amides is 1. The van der Waals surface area contributed by atoms with Gasteiger partial charge < -0.3 is 4.90 Å². The average molecular weight is 212 g/mol. The van der Waals surface area contributed by atoms with Crippen molar-refractivity contribution in [2.75, 3.05) is 13.6 Å². The highest BCUT2D eigenvalue weighted by molar-refractivity contribution is 5.78. The summed E-state index contributed by atoms with van der Waals surface area (Å²) in [6.07, 6.45) is 7.39. The molecular formula is C11H20N2O2. The van der Waals surface area contributed by atoms with Gasteiger partial charge >= 0.3 is 0 Å². The molecule has 2 saturated carbocycles. The molecule has 4 nitrogen and oxygen atoms in total. The molecule has 0 aromatic rings. The molecule has 0 heterocycles. The molecule has 0 spiro atoms. The van der Waals surface area contributed by atoms with Gasteiger partial charge in [0.2, 0.25) is 5.91 Å². The molecule has 15 heavy (non-hydrogen) atoms. The minimum Gasteiger partial charge on any atom is -0.342 e. The van der Waals surface area contributed by atoms with E-state index < -0.39 is 0 Å². The van der Waals surface area contributed by atoms with E-state index in [0.717, 1.165) is 25.7 Å². The minimum absolute atomic E-state index is 0.135. The molecule has 86 valence electrons. The Hall–Kier alpha value is -0.610. The van der Waals surface area contributed by atoms with E-state index >= 15 is 0 Å². The Morgan fingerprint density at radius 3 is 2.60 bits per heavy atom. The van der Waals surface area contributed by atoms with Crippen LogP contribution in [0.2, 0.25) is 0 Å². The fourth-order valence-electron chi connectivity index (χ4n) is 2.02. The summed E-state index contributed by atoms with van der Waals surface area (Å²) in [5.41, 5.74) is 2.80. The van der Waals surface area contributed by atoms with Gasteiger partial charge in [-0.3, -0.25) is 9.63 Å². The molecule has 0 atom stereocenters. The number of likely N-dealkylation sites (N-methyl/N-ethyl adjacent to an activating group) is 1. The van der Waals surface area contributed by atoms with Gasteiger partial charge in [-0.2, -0.15) is 5.48 Å². The van der Waals surface area contributed by atoms with Crippen molar-refractivity contribution >= 4 is 5.91 Å². The standard InChI is InChI=1S/C11H20N2O2/c1-13(9-6-7-9)11(14)8-12-15-10-4-2-3-5-10/h9-10,12H,2-8H2,1H3. The summed E-state index contributed by atoms with van der Waals surface area (Å²) in [7, 11) is 1.87. The summed E-state index contributed by atoms with van der Waals surface area (Å²) in [6, 6.07) is 0.491. The predicted molar refractivity (Wildman–Crippen MR) is 57.1 cm³/mol. The number of hydroxylamine groups is 1. The largest absolute Gasteiger partial charge is 0.342 e. The highest BCUT2D eigenvalue weighted by atomic mass is 16.7. The van der Waals surface area contributed by atoms with Crippen LogP contribution in [0.4, 0.5) is 0 Å². The Labute approximate surface area is 90.9 Å². The number of carbonyl (C=O) groups excluding carboxylic acids is 1. The molecule has 2 aliphatic carbocycles. The fourth-order valence-corrected chi connectivity index (χ4v) is 2.02. The Morgan fingerprint density at radius 1 is 1.33 bits per heavy atom. The predicted octanol–water partition coefficient (Wildman–Crippen LogP) is 1.07. The minimum atomic E-state index is 0.135. The third-order valence-electron chi connectivity index (χ3n) is 3.26. The van der Waals surface area contributed by atoms with E-state index in [1.807, 2.05) is 11.9 Å². The van der Waals surface area contributed by atoms with Crippen LogP contribution in [-0.2, 0) is 9.63 Å². The molecule has 4 heteroatoms. The number of rotatable bonds is 5. The molecule has 0 saturated heterocycles. The van der Waals surface area contributed by atoms with E-state index in [9.17, 15) is 4.79 Å². The van der Waals surface area contributed by atoms with Gasteiger partial charge in [0.1, 0.15) is 6.54 Å². The second-order valence-corrected chi connectivity index (χ2v) is 4.58. The van der Waals surface area contributed by atoms with Crippen LogP contribution in [0.25, 0.3) is 0 Å². The second-order valence-electron chi connectivity index (χ2n) is 4.58. The first kappa shape index (κ1) is 10.9. The lowest BCUT2D eigenvalue weighted by Crippen LogP contribution is -2.37. The third-order valence-corrected chi connectivity index (χ3v) is 3.26. The molecule has 0 aromatic carbocycles. The normalized spacial score (nSPS) is 21.9. The van der Waals surface area contributed by atoms with Crippen LogP contribution in [-0.4, -0.2) is 36.5 Å². The summed E-state index contributed by atoms with van der Waals surface area (Å²) in [4.78, 5) is 18.8. The molecular weight excluding hydrogens is 192 g/mol. The highest BCUT2D eigenvalue weighted by Gasteiger charge is 2.29. The van der Waals surface area contributed by atoms with E-state index in [2.05, 4.69) is 5.48 Å². The maximum atomic E-state index is 11.6.